The van der Waals surface area contributed by atoms with Crippen LogP contribution in [0.2, 0.25) is 5.02 Å². The van der Waals surface area contributed by atoms with Crippen molar-refractivity contribution in [1.82, 2.24) is 0 Å². The number of aromatic nitrogens is 2. The van der Waals surface area contributed by atoms with E-state index in [9.17, 15) is 0 Å². The molecular formula is C32H31ClN4+2. The highest BCUT2D eigenvalue weighted by atomic mass is 35.5. The monoisotopic (exact) mass is 506 g/mol. The lowest BCUT2D eigenvalue weighted by atomic mass is 10.0. The van der Waals surface area contributed by atoms with Crippen LogP contribution in [0.4, 0.5) is 17.1 Å². The minimum absolute atomic E-state index is 0.743. The fourth-order valence-corrected chi connectivity index (χ4v) is 4.45. The lowest BCUT2D eigenvalue weighted by Gasteiger charge is -2.18. The number of rotatable bonds is 7. The predicted octanol–water partition coefficient (Wildman–Crippen LogP) is 6.45. The molecule has 0 fully saturated rings. The molecule has 0 aliphatic heterocycles. The molecular weight excluding hydrogens is 476 g/mol. The Balaban J connectivity index is 1.25. The molecule has 0 unspecified atom stereocenters. The summed E-state index contributed by atoms with van der Waals surface area (Å²) in [6.45, 7) is 0.854. The highest BCUT2D eigenvalue weighted by molar-refractivity contribution is 6.30. The number of halogens is 1. The average molecular weight is 507 g/mol. The SMILES string of the molecule is CN(C)c1cc[n+](Cc2ccc(-c3ccc(-[n+]4ccc(N(C)c5ccc(Cl)cc5)cc4)cc3)cc2)cc1. The van der Waals surface area contributed by atoms with Crippen molar-refractivity contribution in [3.63, 3.8) is 0 Å². The number of pyridine rings is 2. The van der Waals surface area contributed by atoms with Crippen LogP contribution in [0.1, 0.15) is 5.56 Å². The van der Waals surface area contributed by atoms with Gasteiger partial charge in [0.25, 0.3) is 0 Å². The highest BCUT2D eigenvalue weighted by Gasteiger charge is 2.10. The minimum Gasteiger partial charge on any atom is -0.377 e. The first-order valence-electron chi connectivity index (χ1n) is 12.3. The summed E-state index contributed by atoms with van der Waals surface area (Å²) in [5.41, 5.74) is 8.24. The molecule has 0 spiro atoms. The predicted molar refractivity (Wildman–Crippen MR) is 153 cm³/mol. The van der Waals surface area contributed by atoms with Crippen molar-refractivity contribution in [2.75, 3.05) is 30.9 Å². The zero-order valence-electron chi connectivity index (χ0n) is 21.4. The van der Waals surface area contributed by atoms with Gasteiger partial charge in [-0.2, -0.15) is 4.57 Å². The molecule has 0 aliphatic carbocycles. The second-order valence-corrected chi connectivity index (χ2v) is 9.80. The Morgan fingerprint density at radius 1 is 0.568 bits per heavy atom. The number of benzene rings is 3. The molecule has 0 bridgehead atoms. The number of hydrogen-bond acceptors (Lipinski definition) is 2. The third kappa shape index (κ3) is 5.82. The van der Waals surface area contributed by atoms with Crippen LogP contribution in [0.15, 0.2) is 122 Å². The van der Waals surface area contributed by atoms with Crippen molar-refractivity contribution < 1.29 is 9.13 Å². The van der Waals surface area contributed by atoms with E-state index in [1.165, 1.54) is 22.4 Å². The van der Waals surface area contributed by atoms with E-state index in [0.29, 0.717) is 0 Å². The molecule has 5 heteroatoms. The van der Waals surface area contributed by atoms with E-state index in [-0.39, 0.29) is 0 Å². The largest absolute Gasteiger partial charge is 0.377 e. The van der Waals surface area contributed by atoms with E-state index in [1.807, 2.05) is 24.3 Å². The number of hydrogen-bond donors (Lipinski definition) is 0. The Bertz CT molecular complexity index is 1440. The van der Waals surface area contributed by atoms with E-state index < -0.39 is 0 Å². The molecule has 0 aliphatic rings. The van der Waals surface area contributed by atoms with Gasteiger partial charge in [-0.1, -0.05) is 35.9 Å². The van der Waals surface area contributed by atoms with Crippen LogP contribution in [0.25, 0.3) is 16.8 Å². The molecule has 0 saturated heterocycles. The first-order chi connectivity index (χ1) is 18.0. The second kappa shape index (κ2) is 10.9. The van der Waals surface area contributed by atoms with Gasteiger partial charge in [0.05, 0.1) is 5.69 Å². The van der Waals surface area contributed by atoms with Crippen LogP contribution < -0.4 is 18.9 Å². The maximum Gasteiger partial charge on any atom is 0.210 e. The zero-order valence-corrected chi connectivity index (χ0v) is 22.2. The van der Waals surface area contributed by atoms with Gasteiger partial charge in [0, 0.05) is 79.5 Å². The van der Waals surface area contributed by atoms with E-state index in [2.05, 4.69) is 138 Å². The fraction of sp³-hybridized carbons (Fsp3) is 0.125. The van der Waals surface area contributed by atoms with Crippen molar-refractivity contribution in [1.29, 1.82) is 0 Å². The van der Waals surface area contributed by atoms with Crippen molar-refractivity contribution in [2.24, 2.45) is 0 Å². The van der Waals surface area contributed by atoms with Crippen LogP contribution in [0.5, 0.6) is 0 Å². The molecule has 2 aromatic heterocycles. The molecule has 3 aromatic carbocycles. The van der Waals surface area contributed by atoms with E-state index in [4.69, 9.17) is 11.6 Å². The molecule has 0 amide bonds. The van der Waals surface area contributed by atoms with Crippen LogP contribution >= 0.6 is 11.6 Å². The van der Waals surface area contributed by atoms with Crippen LogP contribution in [0.3, 0.4) is 0 Å². The van der Waals surface area contributed by atoms with Crippen molar-refractivity contribution in [3.05, 3.63) is 132 Å². The summed E-state index contributed by atoms with van der Waals surface area (Å²) in [5, 5.41) is 0.743. The van der Waals surface area contributed by atoms with Crippen molar-refractivity contribution in [3.8, 4) is 16.8 Å². The third-order valence-electron chi connectivity index (χ3n) is 6.62. The Morgan fingerprint density at radius 2 is 1.08 bits per heavy atom. The number of anilines is 3. The highest BCUT2D eigenvalue weighted by Crippen LogP contribution is 2.24. The van der Waals surface area contributed by atoms with E-state index in [0.717, 1.165) is 28.6 Å². The molecule has 0 atom stereocenters. The smallest absolute Gasteiger partial charge is 0.210 e. The van der Waals surface area contributed by atoms with Gasteiger partial charge in [0.15, 0.2) is 31.3 Å². The average Bonchev–Trinajstić information content (AvgIpc) is 2.94. The number of nitrogens with zero attached hydrogens (tertiary/aromatic N) is 4. The third-order valence-corrected chi connectivity index (χ3v) is 6.87. The Labute approximate surface area is 224 Å². The van der Waals surface area contributed by atoms with Gasteiger partial charge in [-0.05, 0) is 47.5 Å². The molecule has 0 saturated carbocycles. The minimum atomic E-state index is 0.743. The van der Waals surface area contributed by atoms with Gasteiger partial charge < -0.3 is 9.80 Å². The topological polar surface area (TPSA) is 14.2 Å². The zero-order chi connectivity index (χ0) is 25.8. The van der Waals surface area contributed by atoms with Crippen LogP contribution in [-0.4, -0.2) is 21.1 Å². The first kappa shape index (κ1) is 24.5. The normalized spacial score (nSPS) is 10.8. The summed E-state index contributed by atoms with van der Waals surface area (Å²) in [7, 11) is 6.17. The molecule has 2 heterocycles. The molecule has 5 aromatic rings. The molecule has 5 rings (SSSR count). The van der Waals surface area contributed by atoms with Gasteiger partial charge in [-0.25, -0.2) is 4.57 Å². The van der Waals surface area contributed by atoms with Gasteiger partial charge in [0.1, 0.15) is 0 Å². The van der Waals surface area contributed by atoms with Crippen molar-refractivity contribution in [2.45, 2.75) is 6.54 Å². The summed E-state index contributed by atoms with van der Waals surface area (Å²) >= 11 is 6.03. The molecule has 0 radical (unpaired) electrons. The molecule has 37 heavy (non-hydrogen) atoms. The van der Waals surface area contributed by atoms with Gasteiger partial charge in [-0.15, -0.1) is 0 Å². The molecule has 0 N–H and O–H groups in total. The van der Waals surface area contributed by atoms with E-state index in [1.54, 1.807) is 0 Å². The quantitative estimate of drug-likeness (QED) is 0.235. The summed E-state index contributed by atoms with van der Waals surface area (Å²) in [6.07, 6.45) is 8.44. The van der Waals surface area contributed by atoms with Gasteiger partial charge in [-0.3, -0.25) is 0 Å². The lowest BCUT2D eigenvalue weighted by molar-refractivity contribution is -0.688. The fourth-order valence-electron chi connectivity index (χ4n) is 4.32. The summed E-state index contributed by atoms with van der Waals surface area (Å²) in [6, 6.07) is 33.9. The molecule has 4 nitrogen and oxygen atoms in total. The standard InChI is InChI=1S/C32H31ClN4/c1-34(2)29-16-20-36(21-17-29)24-25-4-6-26(7-5-25)27-8-12-32(13-9-27)37-22-18-31(19-23-37)35(3)30-14-10-28(33)11-15-30/h4-23H,24H2,1-3H3/q+2. The summed E-state index contributed by atoms with van der Waals surface area (Å²) in [4.78, 5) is 4.25. The van der Waals surface area contributed by atoms with Gasteiger partial charge >= 0.3 is 0 Å². The Hall–Kier alpha value is -4.15. The van der Waals surface area contributed by atoms with Crippen molar-refractivity contribution >= 4 is 28.7 Å². The van der Waals surface area contributed by atoms with Gasteiger partial charge in [0.2, 0.25) is 5.69 Å². The first-order valence-corrected chi connectivity index (χ1v) is 12.7. The summed E-state index contributed by atoms with van der Waals surface area (Å²) < 4.78 is 4.33. The van der Waals surface area contributed by atoms with Crippen LogP contribution in [0, 0.1) is 0 Å². The Kier molecular flexibility index (Phi) is 7.20. The second-order valence-electron chi connectivity index (χ2n) is 9.37. The molecule has 184 valence electrons. The lowest BCUT2D eigenvalue weighted by Crippen LogP contribution is -2.33. The van der Waals surface area contributed by atoms with Crippen LogP contribution in [-0.2, 0) is 6.54 Å². The Morgan fingerprint density at radius 3 is 1.65 bits per heavy atom. The van der Waals surface area contributed by atoms with E-state index >= 15 is 0 Å². The summed E-state index contributed by atoms with van der Waals surface area (Å²) in [5.74, 6) is 0. The maximum absolute atomic E-state index is 6.03. The maximum atomic E-state index is 6.03.